The minimum atomic E-state index is -0.680. The summed E-state index contributed by atoms with van der Waals surface area (Å²) in [5.41, 5.74) is 3.43. The number of likely N-dealkylation sites (tertiary alicyclic amines) is 1. The highest BCUT2D eigenvalue weighted by atomic mass is 16.6. The highest BCUT2D eigenvalue weighted by Crippen LogP contribution is 2.38. The predicted molar refractivity (Wildman–Crippen MR) is 180 cm³/mol. The number of amides is 2. The third-order valence-electron chi connectivity index (χ3n) is 8.60. The quantitative estimate of drug-likeness (QED) is 0.239. The summed E-state index contributed by atoms with van der Waals surface area (Å²) in [5.74, 6) is 1.11. The van der Waals surface area contributed by atoms with Gasteiger partial charge < -0.3 is 38.7 Å². The van der Waals surface area contributed by atoms with Crippen molar-refractivity contribution in [2.45, 2.75) is 63.8 Å². The van der Waals surface area contributed by atoms with Crippen molar-refractivity contribution in [2.24, 2.45) is 0 Å². The summed E-state index contributed by atoms with van der Waals surface area (Å²) >= 11 is 0. The van der Waals surface area contributed by atoms with E-state index in [9.17, 15) is 20.0 Å². The number of hydrogen-bond donors (Lipinski definition) is 2. The first-order valence-corrected chi connectivity index (χ1v) is 16.3. The zero-order valence-electron chi connectivity index (χ0n) is 28.0. The molecular formula is C37H40N4O8. The van der Waals surface area contributed by atoms with Crippen molar-refractivity contribution in [3.05, 3.63) is 65.9 Å². The Morgan fingerprint density at radius 1 is 1.08 bits per heavy atom. The molecule has 0 unspecified atom stereocenters. The fourth-order valence-corrected chi connectivity index (χ4v) is 6.20. The largest absolute Gasteiger partial charge is 0.496 e. The standard InChI is InChI=1S/C37H40N4O8/c1-37(2,3)49-36(44)41-20-25(17-26(41)21-42)40-35(43)23-5-7-29(32(16-23)45-4)33-18-30-34(48-33)28(9-12-39-30)22-6-8-31(24(15-22)19-38)47-27-10-13-46-14-11-27/h5-9,12,15-16,18,25-27,42H,10-11,13-14,17,20-21H2,1-4H3,(H,40,43)/t25-,26-/m0/s1. The normalized spacial score (nSPS) is 18.2. The van der Waals surface area contributed by atoms with Crippen molar-refractivity contribution in [1.82, 2.24) is 15.2 Å². The van der Waals surface area contributed by atoms with Gasteiger partial charge in [0, 0.05) is 48.8 Å². The fourth-order valence-electron chi connectivity index (χ4n) is 6.20. The number of aromatic nitrogens is 1. The van der Waals surface area contributed by atoms with Crippen LogP contribution in [0, 0.1) is 11.3 Å². The van der Waals surface area contributed by atoms with E-state index in [1.165, 1.54) is 12.0 Å². The van der Waals surface area contributed by atoms with Crippen LogP contribution in [0.5, 0.6) is 11.5 Å². The Morgan fingerprint density at radius 3 is 2.59 bits per heavy atom. The maximum atomic E-state index is 13.3. The van der Waals surface area contributed by atoms with Gasteiger partial charge in [-0.05, 0) is 69.2 Å². The van der Waals surface area contributed by atoms with Crippen molar-refractivity contribution in [2.75, 3.05) is 33.5 Å². The van der Waals surface area contributed by atoms with E-state index >= 15 is 0 Å². The number of hydrogen-bond acceptors (Lipinski definition) is 10. The van der Waals surface area contributed by atoms with Gasteiger partial charge in [-0.3, -0.25) is 9.78 Å². The van der Waals surface area contributed by atoms with Crippen molar-refractivity contribution in [1.29, 1.82) is 5.26 Å². The first-order chi connectivity index (χ1) is 23.6. The zero-order chi connectivity index (χ0) is 34.7. The first-order valence-electron chi connectivity index (χ1n) is 16.3. The lowest BCUT2D eigenvalue weighted by Crippen LogP contribution is -2.42. The number of aliphatic hydroxyl groups excluding tert-OH is 1. The van der Waals surface area contributed by atoms with Crippen LogP contribution in [0.15, 0.2) is 59.1 Å². The van der Waals surface area contributed by atoms with Crippen LogP contribution in [0.2, 0.25) is 0 Å². The number of pyridine rings is 1. The van der Waals surface area contributed by atoms with E-state index in [1.807, 2.05) is 24.3 Å². The second-order valence-corrected chi connectivity index (χ2v) is 13.2. The molecule has 6 rings (SSSR count). The zero-order valence-corrected chi connectivity index (χ0v) is 28.0. The van der Waals surface area contributed by atoms with E-state index in [2.05, 4.69) is 16.4 Å². The molecule has 0 bridgehead atoms. The molecule has 0 aliphatic carbocycles. The van der Waals surface area contributed by atoms with Gasteiger partial charge in [-0.25, -0.2) is 4.79 Å². The van der Waals surface area contributed by atoms with Crippen LogP contribution in [0.3, 0.4) is 0 Å². The Morgan fingerprint density at radius 2 is 1.88 bits per heavy atom. The molecule has 0 radical (unpaired) electrons. The summed E-state index contributed by atoms with van der Waals surface area (Å²) in [5, 5.41) is 22.8. The van der Waals surface area contributed by atoms with Crippen LogP contribution in [0.1, 0.15) is 56.0 Å². The lowest BCUT2D eigenvalue weighted by atomic mass is 10.0. The van der Waals surface area contributed by atoms with Gasteiger partial charge in [-0.15, -0.1) is 0 Å². The summed E-state index contributed by atoms with van der Waals surface area (Å²) in [6.45, 7) is 6.60. The molecule has 2 aromatic carbocycles. The van der Waals surface area contributed by atoms with Crippen molar-refractivity contribution in [3.63, 3.8) is 0 Å². The van der Waals surface area contributed by atoms with Gasteiger partial charge in [0.25, 0.3) is 5.91 Å². The predicted octanol–water partition coefficient (Wildman–Crippen LogP) is 5.70. The Labute approximate surface area is 284 Å². The third-order valence-corrected chi connectivity index (χ3v) is 8.60. The van der Waals surface area contributed by atoms with Gasteiger partial charge in [0.2, 0.25) is 0 Å². The van der Waals surface area contributed by atoms with Crippen LogP contribution in [-0.2, 0) is 9.47 Å². The number of ether oxygens (including phenoxy) is 4. The Bertz CT molecular complexity index is 1890. The average molecular weight is 669 g/mol. The topological polar surface area (TPSA) is 156 Å². The van der Waals surface area contributed by atoms with Crippen LogP contribution in [-0.4, -0.2) is 84.3 Å². The number of nitrogens with one attached hydrogen (secondary N) is 1. The smallest absolute Gasteiger partial charge is 0.410 e. The van der Waals surface area contributed by atoms with Gasteiger partial charge in [0.1, 0.15) is 40.6 Å². The molecule has 49 heavy (non-hydrogen) atoms. The molecule has 2 fully saturated rings. The van der Waals surface area contributed by atoms with Crippen molar-refractivity contribution in [3.8, 4) is 40.0 Å². The Hall–Kier alpha value is -5.12. The summed E-state index contributed by atoms with van der Waals surface area (Å²) < 4.78 is 29.1. The molecule has 2 amide bonds. The second kappa shape index (κ2) is 14.2. The summed E-state index contributed by atoms with van der Waals surface area (Å²) in [4.78, 5) is 32.0. The van der Waals surface area contributed by atoms with Crippen LogP contribution >= 0.6 is 0 Å². The van der Waals surface area contributed by atoms with Crippen LogP contribution in [0.25, 0.3) is 33.6 Å². The highest BCUT2D eigenvalue weighted by molar-refractivity contribution is 5.97. The summed E-state index contributed by atoms with van der Waals surface area (Å²) in [6.07, 6.45) is 3.13. The summed E-state index contributed by atoms with van der Waals surface area (Å²) in [7, 11) is 1.52. The number of methoxy groups -OCH3 is 1. The second-order valence-electron chi connectivity index (χ2n) is 13.2. The molecule has 2 N–H and O–H groups in total. The monoisotopic (exact) mass is 668 g/mol. The molecule has 2 aromatic heterocycles. The lowest BCUT2D eigenvalue weighted by Gasteiger charge is -2.27. The van der Waals surface area contributed by atoms with E-state index in [0.717, 1.165) is 24.0 Å². The number of carbonyl (C=O) groups excluding carboxylic acids is 2. The molecule has 12 nitrogen and oxygen atoms in total. The van der Waals surface area contributed by atoms with E-state index in [0.29, 0.717) is 64.7 Å². The van der Waals surface area contributed by atoms with Gasteiger partial charge >= 0.3 is 6.09 Å². The van der Waals surface area contributed by atoms with Crippen LogP contribution < -0.4 is 14.8 Å². The molecule has 12 heteroatoms. The molecule has 4 aromatic rings. The SMILES string of the molecule is COc1cc(C(=O)N[C@H]2C[C@@H](CO)N(C(=O)OC(C)(C)C)C2)ccc1-c1cc2nccc(-c3ccc(OC4CCOCC4)c(C#N)c3)c2o1. The third kappa shape index (κ3) is 7.48. The van der Waals surface area contributed by atoms with E-state index in [1.54, 1.807) is 51.2 Å². The Balaban J connectivity index is 1.21. The lowest BCUT2D eigenvalue weighted by molar-refractivity contribution is 0.0173. The number of fused-ring (bicyclic) bond motifs is 1. The minimum absolute atomic E-state index is 0.00950. The molecule has 2 saturated heterocycles. The number of furan rings is 1. The van der Waals surface area contributed by atoms with E-state index in [4.69, 9.17) is 23.4 Å². The molecule has 2 aliphatic rings. The molecule has 2 aliphatic heterocycles. The molecular weight excluding hydrogens is 628 g/mol. The van der Waals surface area contributed by atoms with Crippen molar-refractivity contribution < 1.29 is 38.1 Å². The molecule has 4 heterocycles. The van der Waals surface area contributed by atoms with Crippen molar-refractivity contribution >= 4 is 23.1 Å². The van der Waals surface area contributed by atoms with Gasteiger partial charge in [0.05, 0.1) is 44.1 Å². The van der Waals surface area contributed by atoms with Gasteiger partial charge in [-0.1, -0.05) is 6.07 Å². The maximum absolute atomic E-state index is 13.3. The first kappa shape index (κ1) is 33.8. The fraction of sp³-hybridized carbons (Fsp3) is 0.405. The van der Waals surface area contributed by atoms with E-state index < -0.39 is 17.7 Å². The Kier molecular flexibility index (Phi) is 9.76. The number of carbonyl (C=O) groups is 2. The molecule has 0 saturated carbocycles. The van der Waals surface area contributed by atoms with Gasteiger partial charge in [0.15, 0.2) is 5.58 Å². The molecule has 256 valence electrons. The van der Waals surface area contributed by atoms with Crippen LogP contribution in [0.4, 0.5) is 4.79 Å². The number of aliphatic hydroxyl groups is 1. The molecule has 2 atom stereocenters. The molecule has 0 spiro atoms. The number of benzene rings is 2. The maximum Gasteiger partial charge on any atom is 0.410 e. The number of nitriles is 1. The summed E-state index contributed by atoms with van der Waals surface area (Å²) in [6, 6.07) is 15.6. The highest BCUT2D eigenvalue weighted by Gasteiger charge is 2.38. The number of nitrogens with zero attached hydrogens (tertiary/aromatic N) is 3. The minimum Gasteiger partial charge on any atom is -0.496 e. The average Bonchev–Trinajstić information content (AvgIpc) is 3.72. The van der Waals surface area contributed by atoms with E-state index in [-0.39, 0.29) is 31.2 Å². The van der Waals surface area contributed by atoms with Gasteiger partial charge in [-0.2, -0.15) is 5.26 Å². The number of rotatable bonds is 8.